The second-order valence-electron chi connectivity index (χ2n) is 5.76. The van der Waals surface area contributed by atoms with E-state index in [0.29, 0.717) is 35.0 Å². The van der Waals surface area contributed by atoms with Crippen molar-refractivity contribution in [3.8, 4) is 0 Å². The number of aromatic nitrogens is 2. The molecule has 0 unspecified atom stereocenters. The van der Waals surface area contributed by atoms with Gasteiger partial charge < -0.3 is 4.98 Å². The van der Waals surface area contributed by atoms with Gasteiger partial charge in [0.25, 0.3) is 0 Å². The highest BCUT2D eigenvalue weighted by molar-refractivity contribution is 7.89. The lowest BCUT2D eigenvalue weighted by molar-refractivity contribution is 0.445. The number of hydrogen-bond donors (Lipinski definition) is 1. The summed E-state index contributed by atoms with van der Waals surface area (Å²) in [7, 11) is -3.51. The van der Waals surface area contributed by atoms with Gasteiger partial charge in [0.1, 0.15) is 5.82 Å². The molecule has 0 amide bonds. The monoisotopic (exact) mass is 389 g/mol. The van der Waals surface area contributed by atoms with E-state index in [4.69, 9.17) is 11.6 Å². The summed E-state index contributed by atoms with van der Waals surface area (Å²) in [6.07, 6.45) is 1.81. The second kappa shape index (κ2) is 7.61. The van der Waals surface area contributed by atoms with Crippen molar-refractivity contribution in [3.05, 3.63) is 59.9 Å². The minimum atomic E-state index is -3.51. The van der Waals surface area contributed by atoms with Crippen LogP contribution in [0, 0.1) is 0 Å². The molecule has 0 atom stereocenters. The van der Waals surface area contributed by atoms with Gasteiger partial charge in [0.2, 0.25) is 10.0 Å². The van der Waals surface area contributed by atoms with Gasteiger partial charge in [-0.1, -0.05) is 55.8 Å². The molecule has 136 valence electrons. The standard InChI is InChI=1S/C19H20ClN3O2S/c1-3-23(4-2)26(24,25)15-10-11-17-18(13-15)22-19(21-17)16(20)12-14-8-6-5-7-9-14/h5-13H,3-4H2,1-2H3,(H,21,22). The zero-order valence-electron chi connectivity index (χ0n) is 14.6. The first-order valence-electron chi connectivity index (χ1n) is 8.38. The summed E-state index contributed by atoms with van der Waals surface area (Å²) in [5.41, 5.74) is 2.26. The van der Waals surface area contributed by atoms with E-state index in [9.17, 15) is 8.42 Å². The van der Waals surface area contributed by atoms with Crippen LogP contribution in [0.15, 0.2) is 53.4 Å². The van der Waals surface area contributed by atoms with Gasteiger partial charge in [0, 0.05) is 13.1 Å². The predicted molar refractivity (Wildman–Crippen MR) is 106 cm³/mol. The van der Waals surface area contributed by atoms with Crippen LogP contribution in [0.5, 0.6) is 0 Å². The Labute approximate surface area is 158 Å². The molecule has 1 aromatic heterocycles. The Morgan fingerprint density at radius 3 is 2.50 bits per heavy atom. The van der Waals surface area contributed by atoms with Gasteiger partial charge in [-0.15, -0.1) is 0 Å². The Bertz CT molecular complexity index is 1040. The molecule has 2 aromatic carbocycles. The van der Waals surface area contributed by atoms with E-state index >= 15 is 0 Å². The summed E-state index contributed by atoms with van der Waals surface area (Å²) >= 11 is 6.38. The van der Waals surface area contributed by atoms with Crippen LogP contribution in [-0.2, 0) is 10.0 Å². The van der Waals surface area contributed by atoms with Crippen LogP contribution in [-0.4, -0.2) is 35.8 Å². The third-order valence-corrected chi connectivity index (χ3v) is 6.45. The van der Waals surface area contributed by atoms with Gasteiger partial charge in [-0.25, -0.2) is 13.4 Å². The number of sulfonamides is 1. The number of nitrogens with zero attached hydrogens (tertiary/aromatic N) is 2. The SMILES string of the molecule is CCN(CC)S(=O)(=O)c1ccc2nc(C(Cl)=Cc3ccccc3)[nH]c2c1. The van der Waals surface area contributed by atoms with Crippen LogP contribution in [0.25, 0.3) is 22.1 Å². The highest BCUT2D eigenvalue weighted by Gasteiger charge is 2.22. The maximum Gasteiger partial charge on any atom is 0.243 e. The maximum atomic E-state index is 12.7. The third kappa shape index (κ3) is 3.67. The number of imidazole rings is 1. The van der Waals surface area contributed by atoms with Crippen molar-refractivity contribution in [1.29, 1.82) is 0 Å². The Morgan fingerprint density at radius 2 is 1.85 bits per heavy atom. The van der Waals surface area contributed by atoms with Crippen molar-refractivity contribution in [2.24, 2.45) is 0 Å². The highest BCUT2D eigenvalue weighted by Crippen LogP contribution is 2.25. The number of hydrogen-bond acceptors (Lipinski definition) is 3. The predicted octanol–water partition coefficient (Wildman–Crippen LogP) is 4.33. The van der Waals surface area contributed by atoms with Crippen LogP contribution >= 0.6 is 11.6 Å². The molecule has 0 aliphatic carbocycles. The molecule has 0 bridgehead atoms. The lowest BCUT2D eigenvalue weighted by atomic mass is 10.2. The molecular formula is C19H20ClN3O2S. The Hall–Kier alpha value is -2.15. The average Bonchev–Trinajstić information content (AvgIpc) is 3.07. The summed E-state index contributed by atoms with van der Waals surface area (Å²) in [5, 5.41) is 0.459. The van der Waals surface area contributed by atoms with Crippen LogP contribution in [0.1, 0.15) is 25.2 Å². The fourth-order valence-electron chi connectivity index (χ4n) is 2.74. The number of halogens is 1. The molecule has 26 heavy (non-hydrogen) atoms. The van der Waals surface area contributed by atoms with Crippen molar-refractivity contribution < 1.29 is 8.42 Å². The molecule has 0 saturated carbocycles. The summed E-state index contributed by atoms with van der Waals surface area (Å²) < 4.78 is 26.8. The summed E-state index contributed by atoms with van der Waals surface area (Å²) in [6.45, 7) is 4.50. The fourth-order valence-corrected chi connectivity index (χ4v) is 4.44. The molecule has 0 fully saturated rings. The number of nitrogens with one attached hydrogen (secondary N) is 1. The van der Waals surface area contributed by atoms with Gasteiger partial charge in [-0.05, 0) is 29.8 Å². The summed E-state index contributed by atoms with van der Waals surface area (Å²) in [6, 6.07) is 14.6. The first-order chi connectivity index (χ1) is 12.5. The number of fused-ring (bicyclic) bond motifs is 1. The maximum absolute atomic E-state index is 12.7. The average molecular weight is 390 g/mol. The smallest absolute Gasteiger partial charge is 0.243 e. The van der Waals surface area contributed by atoms with Crippen molar-refractivity contribution in [1.82, 2.24) is 14.3 Å². The van der Waals surface area contributed by atoms with Crippen molar-refractivity contribution in [2.75, 3.05) is 13.1 Å². The molecule has 0 saturated heterocycles. The molecule has 0 aliphatic heterocycles. The minimum absolute atomic E-state index is 0.243. The molecule has 1 heterocycles. The Balaban J connectivity index is 1.99. The van der Waals surface area contributed by atoms with Crippen molar-refractivity contribution >= 4 is 43.8 Å². The van der Waals surface area contributed by atoms with E-state index < -0.39 is 10.0 Å². The minimum Gasteiger partial charge on any atom is -0.337 e. The topological polar surface area (TPSA) is 66.1 Å². The number of benzene rings is 2. The highest BCUT2D eigenvalue weighted by atomic mass is 35.5. The quantitative estimate of drug-likeness (QED) is 0.682. The van der Waals surface area contributed by atoms with Gasteiger partial charge >= 0.3 is 0 Å². The first-order valence-corrected chi connectivity index (χ1v) is 10.2. The fraction of sp³-hybridized carbons (Fsp3) is 0.211. The Kier molecular flexibility index (Phi) is 5.46. The normalized spacial score (nSPS) is 12.8. The van der Waals surface area contributed by atoms with Crippen LogP contribution in [0.2, 0.25) is 0 Å². The van der Waals surface area contributed by atoms with Crippen LogP contribution in [0.4, 0.5) is 0 Å². The molecular weight excluding hydrogens is 370 g/mol. The van der Waals surface area contributed by atoms with E-state index in [2.05, 4.69) is 9.97 Å². The van der Waals surface area contributed by atoms with E-state index in [0.717, 1.165) is 5.56 Å². The summed E-state index contributed by atoms with van der Waals surface area (Å²) in [4.78, 5) is 7.80. The van der Waals surface area contributed by atoms with Gasteiger partial charge in [-0.3, -0.25) is 0 Å². The van der Waals surface area contributed by atoms with Gasteiger partial charge in [-0.2, -0.15) is 4.31 Å². The lowest BCUT2D eigenvalue weighted by Crippen LogP contribution is -2.30. The second-order valence-corrected chi connectivity index (χ2v) is 8.10. The van der Waals surface area contributed by atoms with Gasteiger partial charge in [0.05, 0.1) is 21.0 Å². The lowest BCUT2D eigenvalue weighted by Gasteiger charge is -2.18. The van der Waals surface area contributed by atoms with Crippen molar-refractivity contribution in [3.63, 3.8) is 0 Å². The zero-order valence-corrected chi connectivity index (χ0v) is 16.2. The Morgan fingerprint density at radius 1 is 1.15 bits per heavy atom. The molecule has 0 radical (unpaired) electrons. The molecule has 1 N–H and O–H groups in total. The summed E-state index contributed by atoms with van der Waals surface area (Å²) in [5.74, 6) is 0.503. The van der Waals surface area contributed by atoms with Crippen molar-refractivity contribution in [2.45, 2.75) is 18.7 Å². The van der Waals surface area contributed by atoms with E-state index in [1.807, 2.05) is 50.3 Å². The largest absolute Gasteiger partial charge is 0.337 e. The number of aromatic amines is 1. The number of H-pyrrole nitrogens is 1. The molecule has 3 aromatic rings. The molecule has 0 spiro atoms. The van der Waals surface area contributed by atoms with Gasteiger partial charge in [0.15, 0.2) is 0 Å². The van der Waals surface area contributed by atoms with E-state index in [1.165, 1.54) is 4.31 Å². The van der Waals surface area contributed by atoms with E-state index in [1.54, 1.807) is 18.2 Å². The van der Waals surface area contributed by atoms with E-state index in [-0.39, 0.29) is 4.90 Å². The zero-order chi connectivity index (χ0) is 18.7. The molecule has 3 rings (SSSR count). The molecule has 7 heteroatoms. The third-order valence-electron chi connectivity index (χ3n) is 4.12. The molecule has 0 aliphatic rings. The molecule has 5 nitrogen and oxygen atoms in total. The number of rotatable bonds is 6. The first kappa shape index (κ1) is 18.6. The van der Waals surface area contributed by atoms with Crippen LogP contribution < -0.4 is 0 Å². The van der Waals surface area contributed by atoms with Crippen LogP contribution in [0.3, 0.4) is 0 Å².